The van der Waals surface area contributed by atoms with Crippen LogP contribution in [0.1, 0.15) is 30.5 Å². The molecular weight excluding hydrogens is 355 g/mol. The highest BCUT2D eigenvalue weighted by Crippen LogP contribution is 2.39. The molecule has 1 atom stereocenters. The van der Waals surface area contributed by atoms with E-state index in [1.807, 2.05) is 12.1 Å². The first kappa shape index (κ1) is 17.8. The van der Waals surface area contributed by atoms with E-state index in [2.05, 4.69) is 4.90 Å². The second-order valence-corrected chi connectivity index (χ2v) is 7.49. The molecule has 1 aromatic heterocycles. The third kappa shape index (κ3) is 3.47. The van der Waals surface area contributed by atoms with Crippen molar-refractivity contribution in [3.05, 3.63) is 28.4 Å². The molecule has 1 aliphatic heterocycles. The summed E-state index contributed by atoms with van der Waals surface area (Å²) >= 11 is 6.61. The van der Waals surface area contributed by atoms with E-state index in [1.54, 1.807) is 7.11 Å². The Hall–Kier alpha value is -1.59. The first-order valence-electron chi connectivity index (χ1n) is 9.34. The van der Waals surface area contributed by atoms with Gasteiger partial charge in [0.15, 0.2) is 11.5 Å². The molecule has 4 nitrogen and oxygen atoms in total. The minimum absolute atomic E-state index is 0.548. The molecule has 6 heteroatoms. The summed E-state index contributed by atoms with van der Waals surface area (Å²) in [5.74, 6) is 1.36. The zero-order valence-corrected chi connectivity index (χ0v) is 15.8. The van der Waals surface area contributed by atoms with E-state index >= 15 is 0 Å². The molecule has 1 aliphatic carbocycles. The largest absolute Gasteiger partial charge is 0.493 e. The number of aryl methyl sites for hydroxylation is 1. The average Bonchev–Trinajstić information content (AvgIpc) is 3.27. The van der Waals surface area contributed by atoms with Gasteiger partial charge in [-0.2, -0.15) is 0 Å². The van der Waals surface area contributed by atoms with E-state index in [9.17, 15) is 4.39 Å². The van der Waals surface area contributed by atoms with Crippen LogP contribution in [0.3, 0.4) is 0 Å². The fourth-order valence-electron chi connectivity index (χ4n) is 3.94. The van der Waals surface area contributed by atoms with Gasteiger partial charge in [0.25, 0.3) is 0 Å². The molecule has 2 aliphatic rings. The first-order valence-corrected chi connectivity index (χ1v) is 9.71. The minimum Gasteiger partial charge on any atom is -0.493 e. The summed E-state index contributed by atoms with van der Waals surface area (Å²) in [6.07, 6.45) is 3.92. The van der Waals surface area contributed by atoms with Crippen molar-refractivity contribution >= 4 is 22.5 Å². The summed E-state index contributed by atoms with van der Waals surface area (Å²) in [6.45, 7) is 2.81. The number of aromatic nitrogens is 1. The Morgan fingerprint density at radius 3 is 2.96 bits per heavy atom. The summed E-state index contributed by atoms with van der Waals surface area (Å²) < 4.78 is 24.7. The molecule has 2 aromatic rings. The number of hydrogen-bond acceptors (Lipinski definition) is 4. The highest BCUT2D eigenvalue weighted by atomic mass is 35.5. The van der Waals surface area contributed by atoms with Crippen molar-refractivity contribution in [1.82, 2.24) is 9.88 Å². The summed E-state index contributed by atoms with van der Waals surface area (Å²) in [5, 5.41) is 1.71. The van der Waals surface area contributed by atoms with Gasteiger partial charge in [-0.1, -0.05) is 11.6 Å². The number of methoxy groups -OCH3 is 1. The van der Waals surface area contributed by atoms with E-state index in [1.165, 1.54) is 5.56 Å². The van der Waals surface area contributed by atoms with Crippen LogP contribution in [0.5, 0.6) is 11.5 Å². The lowest BCUT2D eigenvalue weighted by Crippen LogP contribution is -2.23. The van der Waals surface area contributed by atoms with Crippen molar-refractivity contribution in [2.45, 2.75) is 38.3 Å². The highest BCUT2D eigenvalue weighted by Gasteiger charge is 2.22. The van der Waals surface area contributed by atoms with Gasteiger partial charge in [-0.3, -0.25) is 4.98 Å². The van der Waals surface area contributed by atoms with Crippen LogP contribution in [0, 0.1) is 0 Å². The molecule has 140 valence electrons. The molecular formula is C20H24ClFN2O2. The molecule has 0 spiro atoms. The van der Waals surface area contributed by atoms with Crippen molar-refractivity contribution in [2.75, 3.05) is 33.4 Å². The molecule has 0 N–H and O–H groups in total. The number of hydrogen-bond donors (Lipinski definition) is 0. The van der Waals surface area contributed by atoms with Crippen LogP contribution in [0.2, 0.25) is 5.02 Å². The van der Waals surface area contributed by atoms with Gasteiger partial charge in [0.1, 0.15) is 6.17 Å². The Kier molecular flexibility index (Phi) is 5.18. The number of ether oxygens (including phenoxy) is 2. The van der Waals surface area contributed by atoms with E-state index in [0.717, 1.165) is 60.4 Å². The van der Waals surface area contributed by atoms with Crippen molar-refractivity contribution in [3.63, 3.8) is 0 Å². The lowest BCUT2D eigenvalue weighted by molar-refractivity contribution is 0.243. The molecule has 1 aromatic carbocycles. The molecule has 26 heavy (non-hydrogen) atoms. The second-order valence-electron chi connectivity index (χ2n) is 7.11. The van der Waals surface area contributed by atoms with Gasteiger partial charge in [0.05, 0.1) is 24.3 Å². The number of halogens is 2. The predicted molar refractivity (Wildman–Crippen MR) is 101 cm³/mol. The van der Waals surface area contributed by atoms with Gasteiger partial charge in [-0.25, -0.2) is 4.39 Å². The van der Waals surface area contributed by atoms with Crippen LogP contribution in [-0.4, -0.2) is 49.4 Å². The highest BCUT2D eigenvalue weighted by molar-refractivity contribution is 6.36. The van der Waals surface area contributed by atoms with E-state index in [-0.39, 0.29) is 0 Å². The molecule has 0 saturated carbocycles. The van der Waals surface area contributed by atoms with Gasteiger partial charge < -0.3 is 14.4 Å². The molecule has 1 saturated heterocycles. The van der Waals surface area contributed by atoms with Gasteiger partial charge in [-0.05, 0) is 43.7 Å². The molecule has 0 unspecified atom stereocenters. The number of benzene rings is 1. The molecule has 4 rings (SSSR count). The number of likely N-dealkylation sites (tertiary alicyclic amines) is 1. The Balaban J connectivity index is 1.48. The van der Waals surface area contributed by atoms with Crippen LogP contribution >= 0.6 is 11.6 Å². The standard InChI is InChI=1S/C20H24ClFN2O2/c1-25-18-10-15-17(23-16-5-2-4-14(16)20(15)21)11-19(18)26-9-3-7-24-8-6-13(22)12-24/h10-11,13H,2-9,12H2,1H3/t13-/m0/s1. The van der Waals surface area contributed by atoms with Crippen molar-refractivity contribution < 1.29 is 13.9 Å². The van der Waals surface area contributed by atoms with Crippen LogP contribution in [0.15, 0.2) is 12.1 Å². The lowest BCUT2D eigenvalue weighted by Gasteiger charge is -2.16. The summed E-state index contributed by atoms with van der Waals surface area (Å²) in [4.78, 5) is 6.93. The Morgan fingerprint density at radius 2 is 2.19 bits per heavy atom. The van der Waals surface area contributed by atoms with Crippen molar-refractivity contribution in [3.8, 4) is 11.5 Å². The smallest absolute Gasteiger partial charge is 0.163 e. The van der Waals surface area contributed by atoms with Gasteiger partial charge >= 0.3 is 0 Å². The van der Waals surface area contributed by atoms with E-state index in [0.29, 0.717) is 31.1 Å². The molecule has 2 heterocycles. The normalized spacial score (nSPS) is 19.9. The third-order valence-electron chi connectivity index (χ3n) is 5.32. The number of fused-ring (bicyclic) bond motifs is 2. The summed E-state index contributed by atoms with van der Waals surface area (Å²) in [6, 6.07) is 3.85. The summed E-state index contributed by atoms with van der Waals surface area (Å²) in [7, 11) is 1.63. The maximum Gasteiger partial charge on any atom is 0.163 e. The predicted octanol–water partition coefficient (Wildman–Crippen LogP) is 4.20. The van der Waals surface area contributed by atoms with Crippen molar-refractivity contribution in [2.24, 2.45) is 0 Å². The van der Waals surface area contributed by atoms with Gasteiger partial charge in [0.2, 0.25) is 0 Å². The SMILES string of the molecule is COc1cc2c(Cl)c3c(nc2cc1OCCCN1CC[C@H](F)C1)CCC3. The fraction of sp³-hybridized carbons (Fsp3) is 0.550. The maximum absolute atomic E-state index is 13.2. The number of nitrogens with zero attached hydrogens (tertiary/aromatic N) is 2. The topological polar surface area (TPSA) is 34.6 Å². The molecule has 0 radical (unpaired) electrons. The molecule has 1 fully saturated rings. The van der Waals surface area contributed by atoms with Crippen LogP contribution in [0.4, 0.5) is 4.39 Å². The van der Waals surface area contributed by atoms with E-state index in [4.69, 9.17) is 26.1 Å². The minimum atomic E-state index is -0.672. The zero-order valence-electron chi connectivity index (χ0n) is 15.1. The third-order valence-corrected chi connectivity index (χ3v) is 5.75. The maximum atomic E-state index is 13.2. The Bertz CT molecular complexity index is 814. The fourth-order valence-corrected chi connectivity index (χ4v) is 4.30. The number of pyridine rings is 1. The Labute approximate surface area is 158 Å². The van der Waals surface area contributed by atoms with Crippen LogP contribution < -0.4 is 9.47 Å². The van der Waals surface area contributed by atoms with Crippen molar-refractivity contribution in [1.29, 1.82) is 0 Å². The average molecular weight is 379 g/mol. The second kappa shape index (κ2) is 7.57. The molecule has 0 bridgehead atoms. The first-order chi connectivity index (χ1) is 12.7. The van der Waals surface area contributed by atoms with Crippen LogP contribution in [-0.2, 0) is 12.8 Å². The van der Waals surface area contributed by atoms with E-state index < -0.39 is 6.17 Å². The zero-order chi connectivity index (χ0) is 18.1. The monoisotopic (exact) mass is 378 g/mol. The Morgan fingerprint density at radius 1 is 1.31 bits per heavy atom. The summed E-state index contributed by atoms with van der Waals surface area (Å²) in [5.41, 5.74) is 3.13. The number of alkyl halides is 1. The quantitative estimate of drug-likeness (QED) is 0.706. The lowest BCUT2D eigenvalue weighted by atomic mass is 10.1. The van der Waals surface area contributed by atoms with Crippen LogP contribution in [0.25, 0.3) is 10.9 Å². The molecule has 0 amide bonds. The van der Waals surface area contributed by atoms with Gasteiger partial charge in [-0.15, -0.1) is 0 Å². The number of rotatable bonds is 6. The van der Waals surface area contributed by atoms with Gasteiger partial charge in [0, 0.05) is 36.8 Å².